The lowest BCUT2D eigenvalue weighted by molar-refractivity contribution is 0.0324. The number of aliphatic hydroxyl groups is 1. The largest absolute Gasteiger partial charge is 0.393 e. The number of hydrogen-bond donors (Lipinski definition) is 1. The van der Waals surface area contributed by atoms with Crippen LogP contribution in [0.1, 0.15) is 97.8 Å². The van der Waals surface area contributed by atoms with Crippen LogP contribution in [0.2, 0.25) is 0 Å². The number of hydrogen-bond acceptors (Lipinski definition) is 1. The Labute approximate surface area is 127 Å². The van der Waals surface area contributed by atoms with Gasteiger partial charge in [0.15, 0.2) is 0 Å². The van der Waals surface area contributed by atoms with Crippen molar-refractivity contribution in [3.05, 3.63) is 0 Å². The first-order chi connectivity index (χ1) is 9.65. The first-order valence-corrected chi connectivity index (χ1v) is 9.33. The van der Waals surface area contributed by atoms with E-state index in [1.54, 1.807) is 0 Å². The molecular weight excluding hydrogens is 244 g/mol. The molecule has 0 heterocycles. The molecule has 1 heteroatoms. The monoisotopic (exact) mass is 282 g/mol. The molecule has 1 rings (SSSR count). The summed E-state index contributed by atoms with van der Waals surface area (Å²) in [6, 6.07) is 0. The maximum Gasteiger partial charge on any atom is 0.0568 e. The van der Waals surface area contributed by atoms with Crippen LogP contribution in [-0.4, -0.2) is 11.2 Å². The number of rotatable bonds is 10. The molecule has 1 N–H and O–H groups in total. The van der Waals surface area contributed by atoms with Crippen LogP contribution in [-0.2, 0) is 0 Å². The second-order valence-corrected chi connectivity index (χ2v) is 7.41. The van der Waals surface area contributed by atoms with E-state index in [0.29, 0.717) is 5.92 Å². The van der Waals surface area contributed by atoms with E-state index in [0.717, 1.165) is 18.3 Å². The van der Waals surface area contributed by atoms with Gasteiger partial charge in [0, 0.05) is 0 Å². The molecule has 1 nitrogen and oxygen atoms in total. The van der Waals surface area contributed by atoms with Gasteiger partial charge in [0.25, 0.3) is 0 Å². The van der Waals surface area contributed by atoms with Gasteiger partial charge in [-0.2, -0.15) is 0 Å². The molecule has 1 aliphatic carbocycles. The fourth-order valence-electron chi connectivity index (χ4n) is 3.74. The lowest BCUT2D eigenvalue weighted by Gasteiger charge is -2.35. The van der Waals surface area contributed by atoms with E-state index in [4.69, 9.17) is 0 Å². The Hall–Kier alpha value is -0.0400. The first-order valence-electron chi connectivity index (χ1n) is 9.33. The molecule has 0 spiro atoms. The second-order valence-electron chi connectivity index (χ2n) is 7.41. The van der Waals surface area contributed by atoms with Crippen LogP contribution in [0.15, 0.2) is 0 Å². The maximum atomic E-state index is 10.2. The standard InChI is InChI=1S/C19H38O/c1-4-5-6-7-8-9-10-11-12-18-15-17(16(2)3)13-14-19(18)20/h16-20H,4-15H2,1-3H3. The van der Waals surface area contributed by atoms with E-state index >= 15 is 0 Å². The van der Waals surface area contributed by atoms with Crippen molar-refractivity contribution in [2.45, 2.75) is 104 Å². The van der Waals surface area contributed by atoms with Crippen LogP contribution in [0.5, 0.6) is 0 Å². The van der Waals surface area contributed by atoms with Crippen molar-refractivity contribution in [1.29, 1.82) is 0 Å². The highest BCUT2D eigenvalue weighted by Gasteiger charge is 2.29. The summed E-state index contributed by atoms with van der Waals surface area (Å²) in [4.78, 5) is 0. The van der Waals surface area contributed by atoms with Crippen molar-refractivity contribution in [1.82, 2.24) is 0 Å². The molecule has 20 heavy (non-hydrogen) atoms. The molecule has 3 unspecified atom stereocenters. The van der Waals surface area contributed by atoms with Gasteiger partial charge in [0.1, 0.15) is 0 Å². The fraction of sp³-hybridized carbons (Fsp3) is 1.00. The van der Waals surface area contributed by atoms with Crippen molar-refractivity contribution in [2.24, 2.45) is 17.8 Å². The Morgan fingerprint density at radius 1 is 0.900 bits per heavy atom. The number of aliphatic hydroxyl groups excluding tert-OH is 1. The fourth-order valence-corrected chi connectivity index (χ4v) is 3.74. The summed E-state index contributed by atoms with van der Waals surface area (Å²) in [5, 5.41) is 10.2. The lowest BCUT2D eigenvalue weighted by Crippen LogP contribution is -2.31. The highest BCUT2D eigenvalue weighted by Crippen LogP contribution is 2.36. The topological polar surface area (TPSA) is 20.2 Å². The lowest BCUT2D eigenvalue weighted by atomic mass is 9.73. The highest BCUT2D eigenvalue weighted by molar-refractivity contribution is 4.81. The van der Waals surface area contributed by atoms with E-state index in [-0.39, 0.29) is 6.10 Å². The third-order valence-corrected chi connectivity index (χ3v) is 5.35. The Morgan fingerprint density at radius 2 is 1.50 bits per heavy atom. The van der Waals surface area contributed by atoms with E-state index in [2.05, 4.69) is 20.8 Å². The summed E-state index contributed by atoms with van der Waals surface area (Å²) >= 11 is 0. The van der Waals surface area contributed by atoms with Gasteiger partial charge in [-0.3, -0.25) is 0 Å². The SMILES string of the molecule is CCCCCCCCCCC1CC(C(C)C)CCC1O. The smallest absolute Gasteiger partial charge is 0.0568 e. The predicted molar refractivity (Wildman–Crippen MR) is 88.9 cm³/mol. The van der Waals surface area contributed by atoms with Gasteiger partial charge < -0.3 is 5.11 Å². The average molecular weight is 283 g/mol. The maximum absolute atomic E-state index is 10.2. The van der Waals surface area contributed by atoms with Gasteiger partial charge in [0.2, 0.25) is 0 Å². The Bertz CT molecular complexity index is 224. The molecule has 1 saturated carbocycles. The van der Waals surface area contributed by atoms with E-state index in [9.17, 15) is 5.11 Å². The van der Waals surface area contributed by atoms with Crippen LogP contribution in [0.25, 0.3) is 0 Å². The molecule has 0 bridgehead atoms. The molecule has 3 atom stereocenters. The summed E-state index contributed by atoms with van der Waals surface area (Å²) in [5.74, 6) is 2.25. The van der Waals surface area contributed by atoms with Crippen molar-refractivity contribution in [2.75, 3.05) is 0 Å². The summed E-state index contributed by atoms with van der Waals surface area (Å²) < 4.78 is 0. The normalized spacial score (nSPS) is 27.1. The van der Waals surface area contributed by atoms with Gasteiger partial charge in [-0.05, 0) is 43.4 Å². The van der Waals surface area contributed by atoms with Crippen molar-refractivity contribution in [3.63, 3.8) is 0 Å². The van der Waals surface area contributed by atoms with Gasteiger partial charge in [-0.1, -0.05) is 72.1 Å². The molecule has 0 aliphatic heterocycles. The van der Waals surface area contributed by atoms with Gasteiger partial charge in [0.05, 0.1) is 6.10 Å². The zero-order chi connectivity index (χ0) is 14.8. The number of unbranched alkanes of at least 4 members (excludes halogenated alkanes) is 7. The molecule has 0 amide bonds. The molecule has 0 aromatic heterocycles. The van der Waals surface area contributed by atoms with Gasteiger partial charge >= 0.3 is 0 Å². The molecule has 120 valence electrons. The molecule has 1 aliphatic rings. The molecule has 0 aromatic carbocycles. The third-order valence-electron chi connectivity index (χ3n) is 5.35. The van der Waals surface area contributed by atoms with Gasteiger partial charge in [-0.25, -0.2) is 0 Å². The van der Waals surface area contributed by atoms with Crippen LogP contribution < -0.4 is 0 Å². The summed E-state index contributed by atoms with van der Waals surface area (Å²) in [5.41, 5.74) is 0. The minimum absolute atomic E-state index is 0.00504. The Kier molecular flexibility index (Phi) is 9.59. The van der Waals surface area contributed by atoms with Crippen LogP contribution in [0, 0.1) is 17.8 Å². The van der Waals surface area contributed by atoms with Crippen LogP contribution in [0.3, 0.4) is 0 Å². The Morgan fingerprint density at radius 3 is 2.10 bits per heavy atom. The highest BCUT2D eigenvalue weighted by atomic mass is 16.3. The quantitative estimate of drug-likeness (QED) is 0.491. The predicted octanol–water partition coefficient (Wildman–Crippen LogP) is 5.95. The molecule has 1 fully saturated rings. The molecular formula is C19H38O. The van der Waals surface area contributed by atoms with E-state index < -0.39 is 0 Å². The third kappa shape index (κ3) is 7.11. The minimum atomic E-state index is -0.00504. The zero-order valence-corrected chi connectivity index (χ0v) is 14.2. The van der Waals surface area contributed by atoms with Gasteiger partial charge in [-0.15, -0.1) is 0 Å². The van der Waals surface area contributed by atoms with Crippen molar-refractivity contribution in [3.8, 4) is 0 Å². The summed E-state index contributed by atoms with van der Waals surface area (Å²) in [6.07, 6.45) is 16.0. The Balaban J connectivity index is 2.05. The zero-order valence-electron chi connectivity index (χ0n) is 14.2. The van der Waals surface area contributed by atoms with Crippen molar-refractivity contribution < 1.29 is 5.11 Å². The van der Waals surface area contributed by atoms with E-state index in [1.807, 2.05) is 0 Å². The molecule has 0 aromatic rings. The summed E-state index contributed by atoms with van der Waals surface area (Å²) in [6.45, 7) is 6.96. The van der Waals surface area contributed by atoms with Crippen LogP contribution in [0.4, 0.5) is 0 Å². The summed E-state index contributed by atoms with van der Waals surface area (Å²) in [7, 11) is 0. The van der Waals surface area contributed by atoms with Crippen LogP contribution >= 0.6 is 0 Å². The second kappa shape index (κ2) is 10.7. The molecule has 0 saturated heterocycles. The van der Waals surface area contributed by atoms with E-state index in [1.165, 1.54) is 70.6 Å². The molecule has 0 radical (unpaired) electrons. The van der Waals surface area contributed by atoms with Crippen molar-refractivity contribution >= 4 is 0 Å². The minimum Gasteiger partial charge on any atom is -0.393 e. The first kappa shape index (κ1) is 18.0. The average Bonchev–Trinajstić information content (AvgIpc) is 2.43.